The van der Waals surface area contributed by atoms with Gasteiger partial charge in [-0.2, -0.15) is 0 Å². The Bertz CT molecular complexity index is 283. The Morgan fingerprint density at radius 2 is 2.50 bits per heavy atom. The highest BCUT2D eigenvalue weighted by Crippen LogP contribution is 2.07. The lowest BCUT2D eigenvalue weighted by atomic mass is 10.6. The highest BCUT2D eigenvalue weighted by Gasteiger charge is 1.97. The maximum atomic E-state index is 9.79. The van der Waals surface area contributed by atoms with Crippen molar-refractivity contribution in [3.8, 4) is 0 Å². The van der Waals surface area contributed by atoms with Crippen molar-refractivity contribution >= 4 is 12.0 Å². The zero-order chi connectivity index (χ0) is 7.56. The van der Waals surface area contributed by atoms with E-state index in [2.05, 4.69) is 9.98 Å². The van der Waals surface area contributed by atoms with Crippen LogP contribution in [0.3, 0.4) is 0 Å². The average Bonchev–Trinajstić information content (AvgIpc) is 2.13. The number of aromatic nitrogens is 2. The van der Waals surface area contributed by atoms with Crippen LogP contribution >= 0.6 is 0 Å². The van der Waals surface area contributed by atoms with Gasteiger partial charge in [-0.25, -0.2) is 9.78 Å². The predicted octanol–water partition coefficient (Wildman–Crippen LogP) is 0.696. The molecule has 0 fully saturated rings. The van der Waals surface area contributed by atoms with Crippen LogP contribution in [-0.4, -0.2) is 15.6 Å². The summed E-state index contributed by atoms with van der Waals surface area (Å²) in [5, 5.41) is 0. The maximum absolute atomic E-state index is 9.79. The summed E-state index contributed by atoms with van der Waals surface area (Å²) in [4.78, 5) is 17.1. The number of isocyanates is 1. The van der Waals surface area contributed by atoms with Crippen LogP contribution in [0.15, 0.2) is 11.2 Å². The summed E-state index contributed by atoms with van der Waals surface area (Å²) in [6.45, 7) is 1.84. The van der Waals surface area contributed by atoms with Crippen LogP contribution < -0.4 is 0 Å². The average molecular weight is 137 g/mol. The van der Waals surface area contributed by atoms with Gasteiger partial charge in [0.25, 0.3) is 0 Å². The Morgan fingerprint density at radius 1 is 1.80 bits per heavy atom. The van der Waals surface area contributed by atoms with E-state index in [1.165, 1.54) is 6.08 Å². The molecule has 4 nitrogen and oxygen atoms in total. The Morgan fingerprint density at radius 3 is 2.90 bits per heavy atom. The predicted molar refractivity (Wildman–Crippen MR) is 35.7 cm³/mol. The number of hydrogen-bond acceptors (Lipinski definition) is 3. The van der Waals surface area contributed by atoms with E-state index in [1.807, 2.05) is 6.92 Å². The number of aryl methyl sites for hydroxylation is 2. The molecule has 4 heteroatoms. The standard InChI is InChI=1S/C6H7N3O/c1-5-3-9(2)6(8-5)7-4-10/h3H,1-2H3. The molecule has 0 aromatic carbocycles. The molecule has 0 atom stereocenters. The van der Waals surface area contributed by atoms with Crippen molar-refractivity contribution in [3.05, 3.63) is 11.9 Å². The Labute approximate surface area is 58.2 Å². The molecule has 0 radical (unpaired) electrons. The third-order valence-electron chi connectivity index (χ3n) is 1.12. The molecule has 0 bridgehead atoms. The highest BCUT2D eigenvalue weighted by molar-refractivity contribution is 5.41. The third kappa shape index (κ3) is 1.11. The first kappa shape index (κ1) is 6.71. The Kier molecular flexibility index (Phi) is 1.65. The second kappa shape index (κ2) is 2.45. The third-order valence-corrected chi connectivity index (χ3v) is 1.12. The monoisotopic (exact) mass is 137 g/mol. The van der Waals surface area contributed by atoms with Crippen molar-refractivity contribution in [2.75, 3.05) is 0 Å². The molecule has 0 aliphatic rings. The van der Waals surface area contributed by atoms with Crippen molar-refractivity contribution in [1.29, 1.82) is 0 Å². The van der Waals surface area contributed by atoms with Crippen LogP contribution in [0.4, 0.5) is 5.95 Å². The molecule has 1 aromatic heterocycles. The molecule has 0 saturated carbocycles. The summed E-state index contributed by atoms with van der Waals surface area (Å²) in [6, 6.07) is 0. The zero-order valence-corrected chi connectivity index (χ0v) is 5.83. The van der Waals surface area contributed by atoms with Crippen LogP contribution in [0.25, 0.3) is 0 Å². The molecule has 0 unspecified atom stereocenters. The summed E-state index contributed by atoms with van der Waals surface area (Å²) in [5.41, 5.74) is 0.844. The number of aliphatic imine (C=N–C) groups is 1. The van der Waals surface area contributed by atoms with Gasteiger partial charge in [0.05, 0.1) is 5.69 Å². The van der Waals surface area contributed by atoms with Crippen molar-refractivity contribution in [2.45, 2.75) is 6.92 Å². The summed E-state index contributed by atoms with van der Waals surface area (Å²) in [6.07, 6.45) is 3.22. The molecule has 1 aromatic rings. The van der Waals surface area contributed by atoms with Crippen molar-refractivity contribution in [2.24, 2.45) is 12.0 Å². The van der Waals surface area contributed by atoms with E-state index in [0.29, 0.717) is 5.95 Å². The van der Waals surface area contributed by atoms with Crippen molar-refractivity contribution in [3.63, 3.8) is 0 Å². The van der Waals surface area contributed by atoms with Gasteiger partial charge in [-0.15, -0.1) is 4.99 Å². The normalized spacial score (nSPS) is 9.00. The highest BCUT2D eigenvalue weighted by atomic mass is 16.1. The van der Waals surface area contributed by atoms with Gasteiger partial charge in [-0.1, -0.05) is 0 Å². The van der Waals surface area contributed by atoms with Crippen LogP contribution in [-0.2, 0) is 11.8 Å². The fourth-order valence-corrected chi connectivity index (χ4v) is 0.748. The van der Waals surface area contributed by atoms with Gasteiger partial charge in [0.15, 0.2) is 0 Å². The molecule has 0 amide bonds. The van der Waals surface area contributed by atoms with Gasteiger partial charge < -0.3 is 4.57 Å². The first-order valence-corrected chi connectivity index (χ1v) is 2.82. The molecule has 0 spiro atoms. The van der Waals surface area contributed by atoms with E-state index < -0.39 is 0 Å². The molecular formula is C6H7N3O. The first-order chi connectivity index (χ1) is 4.74. The van der Waals surface area contributed by atoms with Crippen molar-refractivity contribution in [1.82, 2.24) is 9.55 Å². The van der Waals surface area contributed by atoms with Gasteiger partial charge >= 0.3 is 0 Å². The number of hydrogen-bond donors (Lipinski definition) is 0. The zero-order valence-electron chi connectivity index (χ0n) is 5.83. The largest absolute Gasteiger partial charge is 0.318 e. The topological polar surface area (TPSA) is 47.2 Å². The second-order valence-corrected chi connectivity index (χ2v) is 2.00. The smallest absolute Gasteiger partial charge is 0.243 e. The fourth-order valence-electron chi connectivity index (χ4n) is 0.748. The molecule has 1 heterocycles. The maximum Gasteiger partial charge on any atom is 0.243 e. The Balaban J connectivity index is 3.14. The van der Waals surface area contributed by atoms with E-state index in [9.17, 15) is 4.79 Å². The number of nitrogens with zero attached hydrogens (tertiary/aromatic N) is 3. The number of imidazole rings is 1. The second-order valence-electron chi connectivity index (χ2n) is 2.00. The molecule has 1 rings (SSSR count). The number of rotatable bonds is 1. The van der Waals surface area contributed by atoms with Crippen LogP contribution in [0, 0.1) is 6.92 Å². The number of carbonyl (C=O) groups excluding carboxylic acids is 1. The minimum Gasteiger partial charge on any atom is -0.318 e. The van der Waals surface area contributed by atoms with Gasteiger partial charge in [-0.3, -0.25) is 0 Å². The van der Waals surface area contributed by atoms with Crippen LogP contribution in [0.2, 0.25) is 0 Å². The summed E-state index contributed by atoms with van der Waals surface area (Å²) >= 11 is 0. The van der Waals surface area contributed by atoms with Gasteiger partial charge in [0.1, 0.15) is 0 Å². The lowest BCUT2D eigenvalue weighted by Gasteiger charge is -1.86. The van der Waals surface area contributed by atoms with Gasteiger partial charge in [0.2, 0.25) is 12.0 Å². The molecular weight excluding hydrogens is 130 g/mol. The Hall–Kier alpha value is -1.41. The quantitative estimate of drug-likeness (QED) is 0.422. The summed E-state index contributed by atoms with van der Waals surface area (Å²) in [5.74, 6) is 0.396. The van der Waals surface area contributed by atoms with Crippen LogP contribution in [0.1, 0.15) is 5.69 Å². The van der Waals surface area contributed by atoms with Gasteiger partial charge in [-0.05, 0) is 6.92 Å². The first-order valence-electron chi connectivity index (χ1n) is 2.82. The summed E-state index contributed by atoms with van der Waals surface area (Å²) < 4.78 is 1.67. The van der Waals surface area contributed by atoms with E-state index >= 15 is 0 Å². The molecule has 0 aliphatic carbocycles. The van der Waals surface area contributed by atoms with Crippen molar-refractivity contribution < 1.29 is 4.79 Å². The lowest BCUT2D eigenvalue weighted by Crippen LogP contribution is -1.81. The van der Waals surface area contributed by atoms with Crippen LogP contribution in [0.5, 0.6) is 0 Å². The molecule has 0 saturated heterocycles. The molecule has 10 heavy (non-hydrogen) atoms. The minimum atomic E-state index is 0.396. The molecule has 0 N–H and O–H groups in total. The fraction of sp³-hybridized carbons (Fsp3) is 0.333. The SMILES string of the molecule is Cc1cn(C)c(N=C=O)n1. The van der Waals surface area contributed by atoms with E-state index in [0.717, 1.165) is 5.69 Å². The van der Waals surface area contributed by atoms with E-state index in [1.54, 1.807) is 17.8 Å². The minimum absolute atomic E-state index is 0.396. The van der Waals surface area contributed by atoms with E-state index in [-0.39, 0.29) is 0 Å². The van der Waals surface area contributed by atoms with E-state index in [4.69, 9.17) is 0 Å². The summed E-state index contributed by atoms with van der Waals surface area (Å²) in [7, 11) is 1.77. The molecule has 0 aliphatic heterocycles. The molecule has 52 valence electrons. The lowest BCUT2D eigenvalue weighted by molar-refractivity contribution is 0.564. The van der Waals surface area contributed by atoms with Gasteiger partial charge in [0, 0.05) is 13.2 Å².